The van der Waals surface area contributed by atoms with E-state index in [4.69, 9.17) is 0 Å². The normalized spacial score (nSPS) is 16.8. The van der Waals surface area contributed by atoms with Crippen molar-refractivity contribution in [3.05, 3.63) is 59.2 Å². The fourth-order valence-corrected chi connectivity index (χ4v) is 3.74. The van der Waals surface area contributed by atoms with E-state index in [1.54, 1.807) is 11.8 Å². The summed E-state index contributed by atoms with van der Waals surface area (Å²) in [7, 11) is 0. The van der Waals surface area contributed by atoms with E-state index in [2.05, 4.69) is 17.4 Å². The fourth-order valence-electron chi connectivity index (χ4n) is 2.54. The Morgan fingerprint density at radius 1 is 1.10 bits per heavy atom. The molecular weight excluding hydrogens is 266 g/mol. The highest BCUT2D eigenvalue weighted by Crippen LogP contribution is 2.37. The van der Waals surface area contributed by atoms with Crippen LogP contribution in [0.2, 0.25) is 0 Å². The number of para-hydroxylation sites is 1. The Labute approximate surface area is 123 Å². The van der Waals surface area contributed by atoms with Crippen LogP contribution in [0.15, 0.2) is 47.4 Å². The van der Waals surface area contributed by atoms with Gasteiger partial charge < -0.3 is 5.32 Å². The molecule has 102 valence electrons. The second kappa shape index (κ2) is 5.33. The maximum absolute atomic E-state index is 12.5. The largest absolute Gasteiger partial charge is 0.325 e. The average Bonchev–Trinajstić information content (AvgIpc) is 2.87. The van der Waals surface area contributed by atoms with E-state index in [0.29, 0.717) is 0 Å². The topological polar surface area (TPSA) is 29.1 Å². The van der Waals surface area contributed by atoms with Gasteiger partial charge in [-0.15, -0.1) is 11.8 Å². The first-order valence-corrected chi connectivity index (χ1v) is 7.65. The van der Waals surface area contributed by atoms with Gasteiger partial charge in [-0.2, -0.15) is 0 Å². The summed E-state index contributed by atoms with van der Waals surface area (Å²) in [6.07, 6.45) is 0.817. The van der Waals surface area contributed by atoms with Crippen molar-refractivity contribution in [3.63, 3.8) is 0 Å². The predicted octanol–water partition coefficient (Wildman–Crippen LogP) is 3.96. The number of benzene rings is 2. The van der Waals surface area contributed by atoms with Gasteiger partial charge in [0.2, 0.25) is 5.91 Å². The van der Waals surface area contributed by atoms with Crippen LogP contribution in [0.25, 0.3) is 0 Å². The summed E-state index contributed by atoms with van der Waals surface area (Å²) >= 11 is 1.66. The maximum atomic E-state index is 12.5. The molecule has 1 heterocycles. The second-order valence-electron chi connectivity index (χ2n) is 5.17. The van der Waals surface area contributed by atoms with Crippen molar-refractivity contribution in [2.24, 2.45) is 0 Å². The number of anilines is 1. The fraction of sp³-hybridized carbons (Fsp3) is 0.235. The molecule has 0 aromatic heterocycles. The van der Waals surface area contributed by atoms with Gasteiger partial charge in [0.1, 0.15) is 0 Å². The van der Waals surface area contributed by atoms with E-state index in [9.17, 15) is 4.79 Å². The lowest BCUT2D eigenvalue weighted by molar-refractivity contribution is -0.115. The highest BCUT2D eigenvalue weighted by molar-refractivity contribution is 8.01. The number of hydrogen-bond donors (Lipinski definition) is 1. The number of amides is 1. The van der Waals surface area contributed by atoms with Crippen LogP contribution in [-0.2, 0) is 11.2 Å². The van der Waals surface area contributed by atoms with Gasteiger partial charge in [0.05, 0.1) is 5.25 Å². The Morgan fingerprint density at radius 2 is 1.80 bits per heavy atom. The number of carbonyl (C=O) groups excluding carboxylic acids is 1. The number of hydrogen-bond acceptors (Lipinski definition) is 2. The zero-order valence-electron chi connectivity index (χ0n) is 11.6. The molecule has 1 unspecified atom stereocenters. The van der Waals surface area contributed by atoms with Crippen LogP contribution < -0.4 is 5.32 Å². The van der Waals surface area contributed by atoms with E-state index in [0.717, 1.165) is 23.2 Å². The zero-order valence-corrected chi connectivity index (χ0v) is 12.5. The van der Waals surface area contributed by atoms with Crippen LogP contribution in [0.5, 0.6) is 0 Å². The lowest BCUT2D eigenvalue weighted by Crippen LogP contribution is -2.25. The molecule has 0 saturated heterocycles. The number of nitrogens with one attached hydrogen (secondary N) is 1. The van der Waals surface area contributed by atoms with Crippen LogP contribution in [0.4, 0.5) is 5.69 Å². The Kier molecular flexibility index (Phi) is 3.53. The predicted molar refractivity (Wildman–Crippen MR) is 84.3 cm³/mol. The molecule has 1 atom stereocenters. The molecule has 2 aromatic carbocycles. The molecule has 1 aliphatic heterocycles. The van der Waals surface area contributed by atoms with Gasteiger partial charge in [0, 0.05) is 10.6 Å². The quantitative estimate of drug-likeness (QED) is 0.904. The van der Waals surface area contributed by atoms with Crippen molar-refractivity contribution in [2.45, 2.75) is 30.4 Å². The van der Waals surface area contributed by atoms with Gasteiger partial charge in [-0.3, -0.25) is 4.79 Å². The van der Waals surface area contributed by atoms with Gasteiger partial charge in [-0.1, -0.05) is 36.4 Å². The smallest absolute Gasteiger partial charge is 0.238 e. The molecule has 0 aliphatic carbocycles. The standard InChI is InChI=1S/C17H17NOS/c1-11-6-5-7-12(2)16(11)18-17(19)15-10-13-8-3-4-9-14(13)20-15/h3-9,15H,10H2,1-2H3,(H,18,19). The molecule has 3 rings (SSSR count). The maximum Gasteiger partial charge on any atom is 0.238 e. The molecule has 20 heavy (non-hydrogen) atoms. The summed E-state index contributed by atoms with van der Waals surface area (Å²) in [5.41, 5.74) is 4.45. The molecule has 1 aliphatic rings. The Balaban J connectivity index is 1.76. The average molecular weight is 283 g/mol. The molecule has 0 saturated carbocycles. The first-order chi connectivity index (χ1) is 9.65. The van der Waals surface area contributed by atoms with Crippen molar-refractivity contribution < 1.29 is 4.79 Å². The van der Waals surface area contributed by atoms with E-state index in [1.807, 2.05) is 44.2 Å². The number of carbonyl (C=O) groups is 1. The van der Waals surface area contributed by atoms with Gasteiger partial charge in [-0.25, -0.2) is 0 Å². The van der Waals surface area contributed by atoms with E-state index < -0.39 is 0 Å². The van der Waals surface area contributed by atoms with Crippen molar-refractivity contribution in [1.82, 2.24) is 0 Å². The van der Waals surface area contributed by atoms with Crippen molar-refractivity contribution in [1.29, 1.82) is 0 Å². The Bertz CT molecular complexity index is 621. The first-order valence-electron chi connectivity index (χ1n) is 6.77. The highest BCUT2D eigenvalue weighted by atomic mass is 32.2. The highest BCUT2D eigenvalue weighted by Gasteiger charge is 2.28. The van der Waals surface area contributed by atoms with Gasteiger partial charge in [0.25, 0.3) is 0 Å². The lowest BCUT2D eigenvalue weighted by Gasteiger charge is -2.14. The summed E-state index contributed by atoms with van der Waals surface area (Å²) < 4.78 is 0. The number of fused-ring (bicyclic) bond motifs is 1. The van der Waals surface area contributed by atoms with Crippen molar-refractivity contribution >= 4 is 23.4 Å². The third-order valence-corrected chi connectivity index (χ3v) is 4.99. The van der Waals surface area contributed by atoms with Crippen LogP contribution >= 0.6 is 11.8 Å². The summed E-state index contributed by atoms with van der Waals surface area (Å²) in [4.78, 5) is 13.7. The number of rotatable bonds is 2. The molecule has 0 radical (unpaired) electrons. The number of thioether (sulfide) groups is 1. The summed E-state index contributed by atoms with van der Waals surface area (Å²) in [6.45, 7) is 4.05. The summed E-state index contributed by atoms with van der Waals surface area (Å²) in [5, 5.41) is 3.07. The molecule has 0 bridgehead atoms. The van der Waals surface area contributed by atoms with Gasteiger partial charge in [-0.05, 0) is 43.0 Å². The molecule has 1 amide bonds. The minimum absolute atomic E-state index is 0.0218. The van der Waals surface area contributed by atoms with Crippen LogP contribution in [-0.4, -0.2) is 11.2 Å². The summed E-state index contributed by atoms with van der Waals surface area (Å²) in [5.74, 6) is 0.101. The molecule has 3 heteroatoms. The molecule has 1 N–H and O–H groups in total. The van der Waals surface area contributed by atoms with Gasteiger partial charge >= 0.3 is 0 Å². The summed E-state index contributed by atoms with van der Waals surface area (Å²) in [6, 6.07) is 14.3. The monoisotopic (exact) mass is 283 g/mol. The molecule has 0 spiro atoms. The van der Waals surface area contributed by atoms with Crippen LogP contribution in [0.3, 0.4) is 0 Å². The van der Waals surface area contributed by atoms with Crippen LogP contribution in [0, 0.1) is 13.8 Å². The van der Waals surface area contributed by atoms with Crippen molar-refractivity contribution in [2.75, 3.05) is 5.32 Å². The SMILES string of the molecule is Cc1cccc(C)c1NC(=O)C1Cc2ccccc2S1. The van der Waals surface area contributed by atoms with Crippen molar-refractivity contribution in [3.8, 4) is 0 Å². The second-order valence-corrected chi connectivity index (χ2v) is 6.42. The third-order valence-electron chi connectivity index (χ3n) is 3.67. The van der Waals surface area contributed by atoms with Gasteiger partial charge in [0.15, 0.2) is 0 Å². The molecule has 0 fully saturated rings. The van der Waals surface area contributed by atoms with E-state index in [-0.39, 0.29) is 11.2 Å². The lowest BCUT2D eigenvalue weighted by atomic mass is 10.1. The number of aryl methyl sites for hydroxylation is 2. The first kappa shape index (κ1) is 13.3. The molecular formula is C17H17NOS. The Morgan fingerprint density at radius 3 is 2.50 bits per heavy atom. The molecule has 2 aromatic rings. The Hall–Kier alpha value is -1.74. The molecule has 2 nitrogen and oxygen atoms in total. The van der Waals surface area contributed by atoms with Crippen LogP contribution in [0.1, 0.15) is 16.7 Å². The minimum atomic E-state index is -0.0218. The third kappa shape index (κ3) is 2.46. The minimum Gasteiger partial charge on any atom is -0.325 e. The van der Waals surface area contributed by atoms with E-state index in [1.165, 1.54) is 10.5 Å². The van der Waals surface area contributed by atoms with E-state index >= 15 is 0 Å². The zero-order chi connectivity index (χ0) is 14.1.